The van der Waals surface area contributed by atoms with Crippen molar-refractivity contribution in [2.24, 2.45) is 5.92 Å². The Morgan fingerprint density at radius 2 is 2.10 bits per heavy atom. The van der Waals surface area contributed by atoms with Gasteiger partial charge in [-0.05, 0) is 32.1 Å². The molecule has 0 saturated carbocycles. The van der Waals surface area contributed by atoms with E-state index in [2.05, 4.69) is 13.8 Å². The van der Waals surface area contributed by atoms with Crippen LogP contribution in [0.15, 0.2) is 0 Å². The van der Waals surface area contributed by atoms with Crippen molar-refractivity contribution >= 4 is 11.7 Å². The number of ether oxygens (including phenoxy) is 1. The summed E-state index contributed by atoms with van der Waals surface area (Å²) in [5.41, 5.74) is 0. The van der Waals surface area contributed by atoms with E-state index in [0.717, 1.165) is 32.2 Å². The van der Waals surface area contributed by atoms with Gasteiger partial charge in [-0.25, -0.2) is 0 Å². The average molecular weight is 297 g/mol. The fourth-order valence-corrected chi connectivity index (χ4v) is 3.10. The molecule has 0 bridgehead atoms. The maximum Gasteiger partial charge on any atom is 0.222 e. The summed E-state index contributed by atoms with van der Waals surface area (Å²) < 4.78 is 5.47. The molecule has 21 heavy (non-hydrogen) atoms. The van der Waals surface area contributed by atoms with E-state index in [1.165, 1.54) is 6.42 Å². The Kier molecular flexibility index (Phi) is 7.94. The third-order valence-electron chi connectivity index (χ3n) is 4.62. The van der Waals surface area contributed by atoms with E-state index in [1.807, 2.05) is 4.90 Å². The van der Waals surface area contributed by atoms with Gasteiger partial charge in [0.1, 0.15) is 5.78 Å². The summed E-state index contributed by atoms with van der Waals surface area (Å²) in [7, 11) is 1.64. The molecule has 0 aromatic carbocycles. The van der Waals surface area contributed by atoms with Crippen LogP contribution in [0.1, 0.15) is 65.7 Å². The topological polar surface area (TPSA) is 46.6 Å². The van der Waals surface area contributed by atoms with Gasteiger partial charge in [-0.2, -0.15) is 0 Å². The highest BCUT2D eigenvalue weighted by Gasteiger charge is 2.34. The molecule has 0 aromatic rings. The largest absolute Gasteiger partial charge is 0.379 e. The van der Waals surface area contributed by atoms with Gasteiger partial charge in [0.05, 0.1) is 12.1 Å². The molecule has 1 aliphatic heterocycles. The molecule has 1 fully saturated rings. The summed E-state index contributed by atoms with van der Waals surface area (Å²) in [5.74, 6) is 1.04. The quantitative estimate of drug-likeness (QED) is 0.656. The molecule has 1 heterocycles. The summed E-state index contributed by atoms with van der Waals surface area (Å²) in [6.45, 7) is 6.81. The Balaban J connectivity index is 2.51. The van der Waals surface area contributed by atoms with E-state index < -0.39 is 0 Å². The smallest absolute Gasteiger partial charge is 0.222 e. The van der Waals surface area contributed by atoms with Gasteiger partial charge >= 0.3 is 0 Å². The zero-order valence-corrected chi connectivity index (χ0v) is 14.1. The zero-order chi connectivity index (χ0) is 15.8. The molecule has 0 spiro atoms. The zero-order valence-electron chi connectivity index (χ0n) is 14.1. The number of likely N-dealkylation sites (tertiary alicyclic amines) is 1. The molecule has 0 aliphatic carbocycles. The average Bonchev–Trinajstić information content (AvgIpc) is 2.93. The minimum Gasteiger partial charge on any atom is -0.379 e. The number of methoxy groups -OCH3 is 1. The molecule has 0 radical (unpaired) electrons. The standard InChI is InChI=1S/C17H31NO3/c1-5-13(2)8-6-10-17(20)18-11-7-9-15(18)16(21-4)12-14(3)19/h13,15-16H,5-12H2,1-4H3/t13-,15-,16+/m0/s1. The Hall–Kier alpha value is -0.900. The van der Waals surface area contributed by atoms with Crippen LogP contribution in [-0.4, -0.2) is 42.4 Å². The maximum absolute atomic E-state index is 12.4. The second-order valence-corrected chi connectivity index (χ2v) is 6.38. The lowest BCUT2D eigenvalue weighted by molar-refractivity contribution is -0.136. The van der Waals surface area contributed by atoms with Crippen molar-refractivity contribution < 1.29 is 14.3 Å². The molecule has 4 heteroatoms. The van der Waals surface area contributed by atoms with Gasteiger partial charge in [0.2, 0.25) is 5.91 Å². The van der Waals surface area contributed by atoms with Crippen LogP contribution >= 0.6 is 0 Å². The van der Waals surface area contributed by atoms with Gasteiger partial charge in [-0.3, -0.25) is 9.59 Å². The van der Waals surface area contributed by atoms with E-state index in [-0.39, 0.29) is 23.8 Å². The number of rotatable bonds is 9. The minimum absolute atomic E-state index is 0.0787. The number of Topliss-reactive ketones (excluding diaryl/α,β-unsaturated/α-hetero) is 1. The predicted molar refractivity (Wildman–Crippen MR) is 84.1 cm³/mol. The van der Waals surface area contributed by atoms with Crippen molar-refractivity contribution in [1.29, 1.82) is 0 Å². The van der Waals surface area contributed by atoms with Crippen molar-refractivity contribution in [2.45, 2.75) is 77.9 Å². The highest BCUT2D eigenvalue weighted by molar-refractivity contribution is 5.78. The van der Waals surface area contributed by atoms with Gasteiger partial charge < -0.3 is 9.64 Å². The first-order chi connectivity index (χ1) is 9.99. The van der Waals surface area contributed by atoms with Crippen LogP contribution in [0.3, 0.4) is 0 Å². The van der Waals surface area contributed by atoms with Crippen LogP contribution < -0.4 is 0 Å². The fraction of sp³-hybridized carbons (Fsp3) is 0.882. The number of nitrogens with zero attached hydrogens (tertiary/aromatic N) is 1. The highest BCUT2D eigenvalue weighted by Crippen LogP contribution is 2.25. The molecule has 122 valence electrons. The van der Waals surface area contributed by atoms with E-state index in [9.17, 15) is 9.59 Å². The van der Waals surface area contributed by atoms with Crippen LogP contribution in [0.5, 0.6) is 0 Å². The van der Waals surface area contributed by atoms with Gasteiger partial charge in [-0.15, -0.1) is 0 Å². The van der Waals surface area contributed by atoms with Gasteiger partial charge in [0.15, 0.2) is 0 Å². The fourth-order valence-electron chi connectivity index (χ4n) is 3.10. The Morgan fingerprint density at radius 3 is 2.67 bits per heavy atom. The summed E-state index contributed by atoms with van der Waals surface area (Å²) in [5, 5.41) is 0. The summed E-state index contributed by atoms with van der Waals surface area (Å²) >= 11 is 0. The van der Waals surface area contributed by atoms with Crippen LogP contribution in [-0.2, 0) is 14.3 Å². The van der Waals surface area contributed by atoms with Crippen LogP contribution in [0.4, 0.5) is 0 Å². The number of hydrogen-bond donors (Lipinski definition) is 0. The van der Waals surface area contributed by atoms with Gasteiger partial charge in [-0.1, -0.05) is 26.7 Å². The summed E-state index contributed by atoms with van der Waals surface area (Å²) in [4.78, 5) is 25.7. The lowest BCUT2D eigenvalue weighted by atomic mass is 10.0. The van der Waals surface area contributed by atoms with Crippen molar-refractivity contribution in [3.05, 3.63) is 0 Å². The first-order valence-electron chi connectivity index (χ1n) is 8.31. The highest BCUT2D eigenvalue weighted by atomic mass is 16.5. The predicted octanol–water partition coefficient (Wildman–Crippen LogP) is 3.19. The molecule has 0 unspecified atom stereocenters. The molecule has 1 aliphatic rings. The van der Waals surface area contributed by atoms with E-state index >= 15 is 0 Å². The second-order valence-electron chi connectivity index (χ2n) is 6.38. The Labute approximate surface area is 129 Å². The molecule has 4 nitrogen and oxygen atoms in total. The normalized spacial score (nSPS) is 21.3. The molecule has 0 N–H and O–H groups in total. The van der Waals surface area contributed by atoms with Crippen molar-refractivity contribution in [1.82, 2.24) is 4.90 Å². The maximum atomic E-state index is 12.4. The van der Waals surface area contributed by atoms with Gasteiger partial charge in [0, 0.05) is 26.5 Å². The molecule has 1 amide bonds. The number of amides is 1. The third kappa shape index (κ3) is 5.77. The lowest BCUT2D eigenvalue weighted by Crippen LogP contribution is -2.44. The monoisotopic (exact) mass is 297 g/mol. The first kappa shape index (κ1) is 18.1. The SMILES string of the molecule is CC[C@H](C)CCCC(=O)N1CCC[C@H]1[C@@H](CC(C)=O)OC. The first-order valence-corrected chi connectivity index (χ1v) is 8.31. The second kappa shape index (κ2) is 9.19. The van der Waals surface area contributed by atoms with Crippen molar-refractivity contribution in [3.63, 3.8) is 0 Å². The number of ketones is 1. The Morgan fingerprint density at radius 1 is 1.38 bits per heavy atom. The van der Waals surface area contributed by atoms with Gasteiger partial charge in [0.25, 0.3) is 0 Å². The van der Waals surface area contributed by atoms with E-state index in [1.54, 1.807) is 14.0 Å². The molecule has 3 atom stereocenters. The van der Waals surface area contributed by atoms with Crippen LogP contribution in [0.25, 0.3) is 0 Å². The van der Waals surface area contributed by atoms with Crippen LogP contribution in [0, 0.1) is 5.92 Å². The number of carbonyl (C=O) groups is 2. The lowest BCUT2D eigenvalue weighted by Gasteiger charge is -2.30. The number of hydrogen-bond acceptors (Lipinski definition) is 3. The van der Waals surface area contributed by atoms with Crippen LogP contribution in [0.2, 0.25) is 0 Å². The molecule has 1 rings (SSSR count). The van der Waals surface area contributed by atoms with E-state index in [0.29, 0.717) is 18.8 Å². The third-order valence-corrected chi connectivity index (χ3v) is 4.62. The minimum atomic E-state index is -0.150. The summed E-state index contributed by atoms with van der Waals surface area (Å²) in [6.07, 6.45) is 6.08. The Bertz CT molecular complexity index is 343. The number of carbonyl (C=O) groups excluding carboxylic acids is 2. The summed E-state index contributed by atoms with van der Waals surface area (Å²) in [6, 6.07) is 0.0787. The molecular weight excluding hydrogens is 266 g/mol. The molecule has 1 saturated heterocycles. The van der Waals surface area contributed by atoms with E-state index in [4.69, 9.17) is 4.74 Å². The molecular formula is C17H31NO3. The van der Waals surface area contributed by atoms with Crippen molar-refractivity contribution in [2.75, 3.05) is 13.7 Å². The molecule has 0 aromatic heterocycles. The van der Waals surface area contributed by atoms with Crippen molar-refractivity contribution in [3.8, 4) is 0 Å².